The van der Waals surface area contributed by atoms with E-state index in [4.69, 9.17) is 16.6 Å². The third-order valence-electron chi connectivity index (χ3n) is 7.35. The van der Waals surface area contributed by atoms with Crippen LogP contribution in [0.2, 0.25) is 5.02 Å². The van der Waals surface area contributed by atoms with Gasteiger partial charge in [-0.25, -0.2) is 13.9 Å². The molecule has 0 bridgehead atoms. The van der Waals surface area contributed by atoms with Gasteiger partial charge in [0, 0.05) is 57.5 Å². The Hall–Kier alpha value is -2.91. The number of amides is 3. The van der Waals surface area contributed by atoms with Gasteiger partial charge in [0.2, 0.25) is 11.9 Å². The molecule has 3 aliphatic heterocycles. The molecule has 2 aromatic rings. The summed E-state index contributed by atoms with van der Waals surface area (Å²) in [4.78, 5) is 37.6. The number of aliphatic imine (C=N–C) groups is 1. The fraction of sp³-hybridized carbons (Fsp3) is 0.500. The number of halogens is 1. The molecule has 0 radical (unpaired) electrons. The first kappa shape index (κ1) is 22.9. The van der Waals surface area contributed by atoms with E-state index in [1.807, 2.05) is 29.7 Å². The molecule has 4 heterocycles. The number of hydrogen-bond donors (Lipinski definition) is 0. The van der Waals surface area contributed by atoms with Gasteiger partial charge < -0.3 is 4.90 Å². The number of anilines is 1. The van der Waals surface area contributed by atoms with Gasteiger partial charge in [0.25, 0.3) is 5.91 Å². The monoisotopic (exact) mass is 484 g/mol. The van der Waals surface area contributed by atoms with Crippen LogP contribution < -0.4 is 9.47 Å². The van der Waals surface area contributed by atoms with E-state index in [1.54, 1.807) is 7.05 Å². The number of amidine groups is 1. The highest BCUT2D eigenvalue weighted by Crippen LogP contribution is 2.34. The number of fused-ring (bicyclic) bond motifs is 3. The summed E-state index contributed by atoms with van der Waals surface area (Å²) in [6, 6.07) is 7.14. The normalized spacial score (nSPS) is 20.7. The molecule has 0 N–H and O–H groups in total. The summed E-state index contributed by atoms with van der Waals surface area (Å²) in [7, 11) is 3.21. The van der Waals surface area contributed by atoms with Crippen molar-refractivity contribution in [2.45, 2.75) is 32.9 Å². The smallest absolute Gasteiger partial charge is 0.369 e. The van der Waals surface area contributed by atoms with Crippen molar-refractivity contribution in [1.82, 2.24) is 19.3 Å². The van der Waals surface area contributed by atoms with E-state index >= 15 is 0 Å². The Labute approximate surface area is 204 Å². The summed E-state index contributed by atoms with van der Waals surface area (Å²) in [5.74, 6) is 1.03. The minimum absolute atomic E-state index is 0.233. The average molecular weight is 485 g/mol. The quantitative estimate of drug-likeness (QED) is 0.611. The van der Waals surface area contributed by atoms with Gasteiger partial charge in [-0.05, 0) is 38.5 Å². The fourth-order valence-corrected chi connectivity index (χ4v) is 5.39. The minimum Gasteiger partial charge on any atom is -0.369 e. The lowest BCUT2D eigenvalue weighted by Crippen LogP contribution is -2.56. The molecule has 2 saturated heterocycles. The van der Waals surface area contributed by atoms with E-state index in [0.29, 0.717) is 5.84 Å². The van der Waals surface area contributed by atoms with E-state index in [-0.39, 0.29) is 11.9 Å². The van der Waals surface area contributed by atoms with Crippen molar-refractivity contribution in [1.29, 1.82) is 0 Å². The van der Waals surface area contributed by atoms with Gasteiger partial charge in [0.1, 0.15) is 11.4 Å². The predicted molar refractivity (Wildman–Crippen MR) is 131 cm³/mol. The predicted octanol–water partition coefficient (Wildman–Crippen LogP) is 2.37. The number of likely N-dealkylation sites (N-methyl/N-ethyl adjacent to an activating group) is 2. The Kier molecular flexibility index (Phi) is 5.85. The summed E-state index contributed by atoms with van der Waals surface area (Å²) in [6.45, 7) is 9.91. The molecule has 1 aromatic carbocycles. The van der Waals surface area contributed by atoms with Crippen LogP contribution in [0, 0.1) is 13.8 Å². The Bertz CT molecular complexity index is 1180. The summed E-state index contributed by atoms with van der Waals surface area (Å²) in [5.41, 5.74) is 3.30. The minimum atomic E-state index is -0.567. The zero-order valence-electron chi connectivity index (χ0n) is 20.2. The standard InChI is InChI=1S/C24H31ClN7O2/c1-16-17(2)32-20-21(27(3)24(34)28(4)22(20)33)26-23(32)31(16)10-6-9-29-11-13-30(14-12-29)19-8-5-7-18(25)15-19/h5,7-8,15,20H,6,9-14H2,1-4H3/q+1. The second-order valence-electron chi connectivity index (χ2n) is 9.27. The number of imide groups is 1. The van der Waals surface area contributed by atoms with Gasteiger partial charge in [-0.3, -0.25) is 19.5 Å². The second-order valence-corrected chi connectivity index (χ2v) is 9.70. The summed E-state index contributed by atoms with van der Waals surface area (Å²) >= 11 is 6.15. The first-order valence-corrected chi connectivity index (χ1v) is 12.1. The lowest BCUT2D eigenvalue weighted by atomic mass is 10.1. The zero-order chi connectivity index (χ0) is 24.1. The maximum absolute atomic E-state index is 12.9. The first-order chi connectivity index (χ1) is 16.3. The molecule has 1 unspecified atom stereocenters. The molecule has 2 fully saturated rings. The zero-order valence-corrected chi connectivity index (χ0v) is 20.9. The molecule has 1 atom stereocenters. The van der Waals surface area contributed by atoms with Gasteiger partial charge in [0.15, 0.2) is 0 Å². The van der Waals surface area contributed by atoms with Crippen molar-refractivity contribution < 1.29 is 14.2 Å². The number of carbonyl (C=O) groups is 2. The van der Waals surface area contributed by atoms with Gasteiger partial charge in [-0.15, -0.1) is 0 Å². The van der Waals surface area contributed by atoms with Crippen molar-refractivity contribution >= 4 is 41.0 Å². The number of rotatable bonds is 5. The summed E-state index contributed by atoms with van der Waals surface area (Å²) in [5, 5.41) is 0.773. The lowest BCUT2D eigenvalue weighted by molar-refractivity contribution is -0.689. The highest BCUT2D eigenvalue weighted by atomic mass is 35.5. The first-order valence-electron chi connectivity index (χ1n) is 11.8. The van der Waals surface area contributed by atoms with Crippen LogP contribution in [0.1, 0.15) is 23.9 Å². The van der Waals surface area contributed by atoms with Crippen molar-refractivity contribution in [2.24, 2.45) is 4.99 Å². The van der Waals surface area contributed by atoms with E-state index in [1.165, 1.54) is 22.5 Å². The molecule has 9 nitrogen and oxygen atoms in total. The summed E-state index contributed by atoms with van der Waals surface area (Å²) < 4.78 is 4.17. The Balaban J connectivity index is 1.24. The van der Waals surface area contributed by atoms with Gasteiger partial charge >= 0.3 is 12.0 Å². The molecule has 34 heavy (non-hydrogen) atoms. The molecule has 10 heteroatoms. The number of aromatic nitrogens is 2. The number of hydrogen-bond acceptors (Lipinski definition) is 5. The molecular formula is C24H31ClN7O2+. The molecule has 1 aromatic heterocycles. The molecule has 5 rings (SSSR count). The van der Waals surface area contributed by atoms with Gasteiger partial charge in [0.05, 0.1) is 6.54 Å². The van der Waals surface area contributed by atoms with E-state index in [9.17, 15) is 9.59 Å². The number of imidazole rings is 1. The highest BCUT2D eigenvalue weighted by molar-refractivity contribution is 6.30. The largest absolute Gasteiger partial charge is 0.402 e. The number of carbonyl (C=O) groups excluding carboxylic acids is 2. The van der Waals surface area contributed by atoms with Crippen molar-refractivity contribution in [3.05, 3.63) is 40.7 Å². The van der Waals surface area contributed by atoms with E-state index in [2.05, 4.69) is 27.4 Å². The van der Waals surface area contributed by atoms with Crippen LogP contribution in [0.15, 0.2) is 29.3 Å². The molecule has 3 aliphatic rings. The topological polar surface area (TPSA) is 68.3 Å². The van der Waals surface area contributed by atoms with E-state index < -0.39 is 6.04 Å². The molecule has 180 valence electrons. The average Bonchev–Trinajstić information content (AvgIpc) is 3.33. The Morgan fingerprint density at radius 1 is 1.09 bits per heavy atom. The number of urea groups is 1. The van der Waals surface area contributed by atoms with Crippen molar-refractivity contribution in [3.63, 3.8) is 0 Å². The van der Waals surface area contributed by atoms with Crippen LogP contribution in [-0.4, -0.2) is 83.9 Å². The maximum atomic E-state index is 12.9. The number of nitrogens with zero attached hydrogens (tertiary/aromatic N) is 7. The fourth-order valence-electron chi connectivity index (χ4n) is 5.20. The number of piperazine rings is 1. The molecule has 0 saturated carbocycles. The Morgan fingerprint density at radius 2 is 1.82 bits per heavy atom. The van der Waals surface area contributed by atoms with Crippen LogP contribution in [0.3, 0.4) is 0 Å². The van der Waals surface area contributed by atoms with Gasteiger partial charge in [-0.2, -0.15) is 0 Å². The SMILES string of the molecule is Cc1c(C)[n+](CCCN2CCN(c3cccc(Cl)c3)CC2)c2n1C1C(=O)N(C)C(=O)N(C)C1=N2. The summed E-state index contributed by atoms with van der Waals surface area (Å²) in [6.07, 6.45) is 0.983. The molecule has 3 amide bonds. The molecular weight excluding hydrogens is 454 g/mol. The third kappa shape index (κ3) is 3.67. The van der Waals surface area contributed by atoms with Crippen molar-refractivity contribution in [2.75, 3.05) is 51.7 Å². The lowest BCUT2D eigenvalue weighted by Gasteiger charge is -2.36. The highest BCUT2D eigenvalue weighted by Gasteiger charge is 2.53. The number of benzene rings is 1. The third-order valence-corrected chi connectivity index (χ3v) is 7.58. The van der Waals surface area contributed by atoms with E-state index in [0.717, 1.165) is 68.0 Å². The van der Waals surface area contributed by atoms with Crippen LogP contribution >= 0.6 is 11.6 Å². The van der Waals surface area contributed by atoms with Gasteiger partial charge in [-0.1, -0.05) is 22.7 Å². The van der Waals surface area contributed by atoms with Crippen LogP contribution in [-0.2, 0) is 11.3 Å². The van der Waals surface area contributed by atoms with Crippen molar-refractivity contribution in [3.8, 4) is 0 Å². The van der Waals surface area contributed by atoms with Crippen LogP contribution in [0.4, 0.5) is 16.4 Å². The Morgan fingerprint density at radius 3 is 2.53 bits per heavy atom. The van der Waals surface area contributed by atoms with Crippen LogP contribution in [0.25, 0.3) is 0 Å². The molecule has 0 aliphatic carbocycles. The maximum Gasteiger partial charge on any atom is 0.402 e. The van der Waals surface area contributed by atoms with Crippen LogP contribution in [0.5, 0.6) is 0 Å². The second kappa shape index (κ2) is 8.70. The molecule has 0 spiro atoms.